The van der Waals surface area contributed by atoms with E-state index in [-0.39, 0.29) is 5.78 Å². The monoisotopic (exact) mass is 328 g/mol. The minimum absolute atomic E-state index is 0.0192. The van der Waals surface area contributed by atoms with Gasteiger partial charge in [0.15, 0.2) is 0 Å². The van der Waals surface area contributed by atoms with Crippen LogP contribution in [0.25, 0.3) is 0 Å². The topological polar surface area (TPSA) is 17.1 Å². The second-order valence-electron chi connectivity index (χ2n) is 3.86. The van der Waals surface area contributed by atoms with E-state index in [1.54, 1.807) is 6.07 Å². The summed E-state index contributed by atoms with van der Waals surface area (Å²) in [6.45, 7) is 4.03. The fourth-order valence-corrected chi connectivity index (χ4v) is 3.15. The Hall–Kier alpha value is -0.640. The number of benzene rings is 1. The Kier molecular flexibility index (Phi) is 3.71. The van der Waals surface area contributed by atoms with Gasteiger partial charge in [-0.05, 0) is 53.0 Å². The summed E-state index contributed by atoms with van der Waals surface area (Å²) in [6, 6.07) is 7.44. The van der Waals surface area contributed by atoms with Gasteiger partial charge in [-0.3, -0.25) is 4.79 Å². The summed E-state index contributed by atoms with van der Waals surface area (Å²) in [4.78, 5) is 12.9. The second kappa shape index (κ2) is 4.92. The number of carbonyl (C=O) groups excluding carboxylic acids is 1. The van der Waals surface area contributed by atoms with Gasteiger partial charge in [0.2, 0.25) is 5.78 Å². The van der Waals surface area contributed by atoms with Crippen LogP contribution in [0.3, 0.4) is 0 Å². The Morgan fingerprint density at radius 1 is 1.24 bits per heavy atom. The summed E-state index contributed by atoms with van der Waals surface area (Å²) < 4.78 is 0.798. The minimum Gasteiger partial charge on any atom is -0.288 e. The molecule has 0 amide bonds. The molecule has 0 atom stereocenters. The Balaban J connectivity index is 2.40. The third-order valence-corrected chi connectivity index (χ3v) is 5.11. The maximum Gasteiger partial charge on any atom is 0.203 e. The van der Waals surface area contributed by atoms with Gasteiger partial charge >= 0.3 is 0 Å². The van der Waals surface area contributed by atoms with E-state index in [1.807, 2.05) is 32.0 Å². The lowest BCUT2D eigenvalue weighted by atomic mass is 10.0. The molecular formula is C13H10BrClOS. The molecule has 1 aromatic heterocycles. The maximum atomic E-state index is 12.2. The van der Waals surface area contributed by atoms with Gasteiger partial charge in [-0.15, -0.1) is 11.3 Å². The Morgan fingerprint density at radius 3 is 2.47 bits per heavy atom. The van der Waals surface area contributed by atoms with Crippen LogP contribution in [-0.4, -0.2) is 5.78 Å². The van der Waals surface area contributed by atoms with Gasteiger partial charge in [-0.25, -0.2) is 0 Å². The molecule has 0 saturated carbocycles. The first-order chi connectivity index (χ1) is 7.99. The smallest absolute Gasteiger partial charge is 0.203 e. The molecule has 88 valence electrons. The molecule has 2 aromatic rings. The summed E-state index contributed by atoms with van der Waals surface area (Å²) in [5.41, 5.74) is 3.02. The van der Waals surface area contributed by atoms with E-state index in [9.17, 15) is 4.79 Å². The van der Waals surface area contributed by atoms with Crippen molar-refractivity contribution in [2.45, 2.75) is 13.8 Å². The summed E-state index contributed by atoms with van der Waals surface area (Å²) >= 11 is 10.6. The van der Waals surface area contributed by atoms with E-state index in [2.05, 4.69) is 15.9 Å². The van der Waals surface area contributed by atoms with Crippen molar-refractivity contribution < 1.29 is 4.79 Å². The van der Waals surface area contributed by atoms with Crippen molar-refractivity contribution in [3.05, 3.63) is 54.6 Å². The van der Waals surface area contributed by atoms with Crippen LogP contribution >= 0.6 is 38.9 Å². The first-order valence-corrected chi connectivity index (χ1v) is 7.04. The third kappa shape index (κ3) is 2.62. The highest BCUT2D eigenvalue weighted by Gasteiger charge is 2.14. The lowest BCUT2D eigenvalue weighted by molar-refractivity contribution is 0.104. The number of aryl methyl sites for hydroxylation is 2. The lowest BCUT2D eigenvalue weighted by Gasteiger charge is -2.02. The van der Waals surface area contributed by atoms with Gasteiger partial charge in [0.25, 0.3) is 0 Å². The molecular weight excluding hydrogens is 320 g/mol. The predicted molar refractivity (Wildman–Crippen MR) is 76.4 cm³/mol. The van der Waals surface area contributed by atoms with Gasteiger partial charge in [-0.1, -0.05) is 23.7 Å². The van der Waals surface area contributed by atoms with Crippen LogP contribution in [0, 0.1) is 13.8 Å². The van der Waals surface area contributed by atoms with E-state index >= 15 is 0 Å². The molecule has 2 rings (SSSR count). The molecule has 0 aliphatic carbocycles. The lowest BCUT2D eigenvalue weighted by Crippen LogP contribution is -1.99. The molecule has 0 bridgehead atoms. The highest BCUT2D eigenvalue weighted by molar-refractivity contribution is 9.11. The number of ketones is 1. The molecule has 1 nitrogen and oxygen atoms in total. The molecule has 0 spiro atoms. The number of hydrogen-bond donors (Lipinski definition) is 0. The van der Waals surface area contributed by atoms with Gasteiger partial charge in [0.05, 0.1) is 13.7 Å². The molecule has 17 heavy (non-hydrogen) atoms. The number of halogens is 2. The van der Waals surface area contributed by atoms with Crippen molar-refractivity contribution in [2.75, 3.05) is 0 Å². The third-order valence-electron chi connectivity index (χ3n) is 2.64. The molecule has 0 N–H and O–H groups in total. The average molecular weight is 330 g/mol. The second-order valence-corrected chi connectivity index (χ2v) is 6.64. The molecule has 0 radical (unpaired) electrons. The van der Waals surface area contributed by atoms with E-state index < -0.39 is 0 Å². The first kappa shape index (κ1) is 12.8. The normalized spacial score (nSPS) is 10.6. The number of rotatable bonds is 2. The molecule has 0 aliphatic heterocycles. The maximum absolute atomic E-state index is 12.2. The van der Waals surface area contributed by atoms with E-state index in [1.165, 1.54) is 16.9 Å². The van der Waals surface area contributed by atoms with Crippen molar-refractivity contribution in [1.29, 1.82) is 0 Å². The Bertz CT molecular complexity index is 570. The molecule has 0 unspecified atom stereocenters. The van der Waals surface area contributed by atoms with Crippen LogP contribution in [-0.2, 0) is 0 Å². The SMILES string of the molecule is Cc1ccc(C(=O)c2cc(Cl)c(Br)s2)cc1C. The van der Waals surface area contributed by atoms with Gasteiger partial charge in [0.1, 0.15) is 0 Å². The van der Waals surface area contributed by atoms with Crippen molar-refractivity contribution in [3.63, 3.8) is 0 Å². The fourth-order valence-electron chi connectivity index (χ4n) is 1.48. The summed E-state index contributed by atoms with van der Waals surface area (Å²) in [7, 11) is 0. The highest BCUT2D eigenvalue weighted by atomic mass is 79.9. The minimum atomic E-state index is 0.0192. The molecule has 1 aromatic carbocycles. The van der Waals surface area contributed by atoms with Gasteiger partial charge in [0, 0.05) is 5.56 Å². The van der Waals surface area contributed by atoms with E-state index in [0.29, 0.717) is 15.5 Å². The van der Waals surface area contributed by atoms with Crippen LogP contribution in [0.15, 0.2) is 28.1 Å². The van der Waals surface area contributed by atoms with Crippen LogP contribution in [0.2, 0.25) is 5.02 Å². The number of carbonyl (C=O) groups is 1. The Morgan fingerprint density at radius 2 is 1.94 bits per heavy atom. The van der Waals surface area contributed by atoms with Crippen molar-refractivity contribution in [1.82, 2.24) is 0 Å². The van der Waals surface area contributed by atoms with Crippen molar-refractivity contribution in [3.8, 4) is 0 Å². The molecule has 0 aliphatic rings. The number of hydrogen-bond acceptors (Lipinski definition) is 2. The highest BCUT2D eigenvalue weighted by Crippen LogP contribution is 2.33. The number of thiophene rings is 1. The standard InChI is InChI=1S/C13H10BrClOS/c1-7-3-4-9(5-8(7)2)12(16)11-6-10(15)13(14)17-11/h3-6H,1-2H3. The van der Waals surface area contributed by atoms with Crippen LogP contribution < -0.4 is 0 Å². The van der Waals surface area contributed by atoms with Crippen LogP contribution in [0.4, 0.5) is 0 Å². The molecule has 1 heterocycles. The van der Waals surface area contributed by atoms with E-state index in [4.69, 9.17) is 11.6 Å². The molecule has 0 saturated heterocycles. The van der Waals surface area contributed by atoms with Crippen molar-refractivity contribution >= 4 is 44.7 Å². The molecule has 4 heteroatoms. The summed E-state index contributed by atoms with van der Waals surface area (Å²) in [6.07, 6.45) is 0. The van der Waals surface area contributed by atoms with Crippen molar-refractivity contribution in [2.24, 2.45) is 0 Å². The van der Waals surface area contributed by atoms with Gasteiger partial charge in [-0.2, -0.15) is 0 Å². The Labute approximate surface area is 118 Å². The fraction of sp³-hybridized carbons (Fsp3) is 0.154. The average Bonchev–Trinajstić information content (AvgIpc) is 2.62. The van der Waals surface area contributed by atoms with Gasteiger partial charge < -0.3 is 0 Å². The summed E-state index contributed by atoms with van der Waals surface area (Å²) in [5.74, 6) is 0.0192. The quantitative estimate of drug-likeness (QED) is 0.708. The molecule has 0 fully saturated rings. The van der Waals surface area contributed by atoms with Crippen LogP contribution in [0.1, 0.15) is 26.4 Å². The zero-order chi connectivity index (χ0) is 12.6. The zero-order valence-corrected chi connectivity index (χ0v) is 12.5. The van der Waals surface area contributed by atoms with Crippen LogP contribution in [0.5, 0.6) is 0 Å². The largest absolute Gasteiger partial charge is 0.288 e. The first-order valence-electron chi connectivity index (χ1n) is 5.06. The van der Waals surface area contributed by atoms with E-state index in [0.717, 1.165) is 9.35 Å². The zero-order valence-electron chi connectivity index (χ0n) is 9.38. The summed E-state index contributed by atoms with van der Waals surface area (Å²) in [5, 5.41) is 0.585. The predicted octanol–water partition coefficient (Wildman–Crippen LogP) is 5.01.